The zero-order valence-corrected chi connectivity index (χ0v) is 20.4. The molecule has 35 heavy (non-hydrogen) atoms. The number of hydrogen-bond acceptors (Lipinski definition) is 4. The largest absolute Gasteiger partial charge is 0.473 e. The second-order valence-electron chi connectivity index (χ2n) is 7.93. The SMILES string of the molecule is Cn1c(=O)n(-c2ccc(OCc3ccccc3)nc2OCc2ccccc2)c2ccc(Br)c(F)c21. The van der Waals surface area contributed by atoms with Gasteiger partial charge < -0.3 is 9.47 Å². The van der Waals surface area contributed by atoms with Gasteiger partial charge in [0.2, 0.25) is 11.8 Å². The highest BCUT2D eigenvalue weighted by molar-refractivity contribution is 9.10. The van der Waals surface area contributed by atoms with E-state index in [1.165, 1.54) is 16.2 Å². The highest BCUT2D eigenvalue weighted by atomic mass is 79.9. The fourth-order valence-electron chi connectivity index (χ4n) is 3.84. The number of ether oxygens (including phenoxy) is 2. The number of halogens is 2. The predicted octanol–water partition coefficient (Wildman–Crippen LogP) is 5.78. The van der Waals surface area contributed by atoms with E-state index in [0.29, 0.717) is 23.7 Å². The maximum atomic E-state index is 14.9. The lowest BCUT2D eigenvalue weighted by atomic mass is 10.2. The molecule has 0 spiro atoms. The summed E-state index contributed by atoms with van der Waals surface area (Å²) in [6.45, 7) is 0.571. The molecule has 8 heteroatoms. The number of benzene rings is 3. The van der Waals surface area contributed by atoms with Gasteiger partial charge in [-0.3, -0.25) is 9.13 Å². The standard InChI is InChI=1S/C27H21BrFN3O3/c1-31-25-21(13-12-20(28)24(25)29)32(27(31)33)22-14-15-23(34-16-18-8-4-2-5-9-18)30-26(22)35-17-19-10-6-3-7-11-19/h2-15H,16-17H2,1H3. The van der Waals surface area contributed by atoms with E-state index < -0.39 is 11.5 Å². The highest BCUT2D eigenvalue weighted by Crippen LogP contribution is 2.30. The Kier molecular flexibility index (Phi) is 6.37. The van der Waals surface area contributed by atoms with Gasteiger partial charge in [0.05, 0.1) is 9.99 Å². The lowest BCUT2D eigenvalue weighted by molar-refractivity contribution is 0.267. The van der Waals surface area contributed by atoms with Crippen LogP contribution in [0.3, 0.4) is 0 Å². The summed E-state index contributed by atoms with van der Waals surface area (Å²) in [4.78, 5) is 17.8. The van der Waals surface area contributed by atoms with Crippen LogP contribution in [0.25, 0.3) is 16.7 Å². The number of fused-ring (bicyclic) bond motifs is 1. The molecule has 6 nitrogen and oxygen atoms in total. The van der Waals surface area contributed by atoms with Gasteiger partial charge in [-0.1, -0.05) is 60.7 Å². The number of nitrogens with zero attached hydrogens (tertiary/aromatic N) is 3. The zero-order chi connectivity index (χ0) is 24.4. The summed E-state index contributed by atoms with van der Waals surface area (Å²) in [5.41, 5.74) is 2.50. The van der Waals surface area contributed by atoms with Gasteiger partial charge in [-0.25, -0.2) is 9.18 Å². The molecule has 0 fully saturated rings. The lowest BCUT2D eigenvalue weighted by Gasteiger charge is -2.14. The van der Waals surface area contributed by atoms with Crippen molar-refractivity contribution in [3.8, 4) is 17.4 Å². The van der Waals surface area contributed by atoms with Crippen molar-refractivity contribution in [1.82, 2.24) is 14.1 Å². The van der Waals surface area contributed by atoms with Crippen molar-refractivity contribution in [3.05, 3.63) is 117 Å². The number of hydrogen-bond donors (Lipinski definition) is 0. The molecule has 2 aromatic heterocycles. The van der Waals surface area contributed by atoms with Crippen LogP contribution in [-0.4, -0.2) is 14.1 Å². The van der Waals surface area contributed by atoms with Crippen molar-refractivity contribution in [2.24, 2.45) is 7.05 Å². The third-order valence-electron chi connectivity index (χ3n) is 5.61. The summed E-state index contributed by atoms with van der Waals surface area (Å²) in [6, 6.07) is 26.0. The van der Waals surface area contributed by atoms with Crippen molar-refractivity contribution in [2.75, 3.05) is 0 Å². The minimum absolute atomic E-state index is 0.183. The Hall–Kier alpha value is -3.91. The molecule has 0 saturated carbocycles. The summed E-state index contributed by atoms with van der Waals surface area (Å²) in [7, 11) is 1.53. The molecule has 0 saturated heterocycles. The maximum Gasteiger partial charge on any atom is 0.333 e. The first kappa shape index (κ1) is 22.9. The summed E-state index contributed by atoms with van der Waals surface area (Å²) in [6.07, 6.45) is 0. The fraction of sp³-hybridized carbons (Fsp3) is 0.111. The molecule has 0 aliphatic heterocycles. The van der Waals surface area contributed by atoms with Crippen molar-refractivity contribution in [3.63, 3.8) is 0 Å². The van der Waals surface area contributed by atoms with E-state index in [4.69, 9.17) is 9.47 Å². The lowest BCUT2D eigenvalue weighted by Crippen LogP contribution is -2.21. The van der Waals surface area contributed by atoms with E-state index in [2.05, 4.69) is 20.9 Å². The molecule has 0 radical (unpaired) electrons. The number of pyridine rings is 1. The summed E-state index contributed by atoms with van der Waals surface area (Å²) >= 11 is 3.20. The molecule has 2 heterocycles. The highest BCUT2D eigenvalue weighted by Gasteiger charge is 2.21. The van der Waals surface area contributed by atoms with Gasteiger partial charge in [-0.15, -0.1) is 0 Å². The summed E-state index contributed by atoms with van der Waals surface area (Å²) in [5.74, 6) is 0.0450. The van der Waals surface area contributed by atoms with Crippen molar-refractivity contribution in [2.45, 2.75) is 13.2 Å². The van der Waals surface area contributed by atoms with Crippen LogP contribution >= 0.6 is 15.9 Å². The molecular weight excluding hydrogens is 513 g/mol. The maximum absolute atomic E-state index is 14.9. The molecule has 0 atom stereocenters. The molecule has 5 aromatic rings. The van der Waals surface area contributed by atoms with Crippen molar-refractivity contribution >= 4 is 27.0 Å². The van der Waals surface area contributed by atoms with E-state index in [9.17, 15) is 9.18 Å². The molecule has 0 unspecified atom stereocenters. The van der Waals surface area contributed by atoms with E-state index in [-0.39, 0.29) is 22.5 Å². The average Bonchev–Trinajstić information content (AvgIpc) is 3.15. The first-order valence-electron chi connectivity index (χ1n) is 10.9. The van der Waals surface area contributed by atoms with Crippen LogP contribution < -0.4 is 15.2 Å². The third-order valence-corrected chi connectivity index (χ3v) is 6.22. The predicted molar refractivity (Wildman–Crippen MR) is 136 cm³/mol. The molecule has 176 valence electrons. The van der Waals surface area contributed by atoms with Gasteiger partial charge in [0.1, 0.15) is 24.4 Å². The van der Waals surface area contributed by atoms with E-state index >= 15 is 0 Å². The fourth-order valence-corrected chi connectivity index (χ4v) is 4.16. The second kappa shape index (κ2) is 9.76. The molecule has 0 aliphatic carbocycles. The number of aromatic nitrogens is 3. The molecule has 0 aliphatic rings. The monoisotopic (exact) mass is 533 g/mol. The molecule has 0 bridgehead atoms. The van der Waals surface area contributed by atoms with Crippen molar-refractivity contribution < 1.29 is 13.9 Å². The Balaban J connectivity index is 1.58. The van der Waals surface area contributed by atoms with E-state index in [1.807, 2.05) is 60.7 Å². The first-order chi connectivity index (χ1) is 17.0. The van der Waals surface area contributed by atoms with Crippen LogP contribution in [0.2, 0.25) is 0 Å². The Labute approximate surface area is 209 Å². The minimum atomic E-state index is -0.511. The second-order valence-corrected chi connectivity index (χ2v) is 8.78. The normalized spacial score (nSPS) is 11.1. The van der Waals surface area contributed by atoms with Crippen LogP contribution in [0.5, 0.6) is 11.8 Å². The van der Waals surface area contributed by atoms with Gasteiger partial charge >= 0.3 is 5.69 Å². The first-order valence-corrected chi connectivity index (χ1v) is 11.7. The molecular formula is C27H21BrFN3O3. The summed E-state index contributed by atoms with van der Waals surface area (Å²) in [5, 5.41) is 0. The zero-order valence-electron chi connectivity index (χ0n) is 18.8. The molecule has 5 rings (SSSR count). The Bertz CT molecular complexity index is 1550. The third kappa shape index (κ3) is 4.57. The molecule has 0 N–H and O–H groups in total. The Morgan fingerprint density at radius 3 is 2.14 bits per heavy atom. The van der Waals surface area contributed by atoms with Crippen molar-refractivity contribution in [1.29, 1.82) is 0 Å². The molecule has 0 amide bonds. The van der Waals surface area contributed by atoms with E-state index in [1.54, 1.807) is 24.3 Å². The summed E-state index contributed by atoms with van der Waals surface area (Å²) < 4.78 is 29.8. The number of rotatable bonds is 7. The van der Waals surface area contributed by atoms with Crippen LogP contribution in [0.4, 0.5) is 4.39 Å². The number of aryl methyl sites for hydroxylation is 1. The van der Waals surface area contributed by atoms with Gasteiger partial charge in [0.15, 0.2) is 5.82 Å². The topological polar surface area (TPSA) is 58.3 Å². The van der Waals surface area contributed by atoms with Gasteiger partial charge in [0.25, 0.3) is 0 Å². The van der Waals surface area contributed by atoms with Gasteiger partial charge in [-0.2, -0.15) is 4.98 Å². The number of imidazole rings is 1. The smallest absolute Gasteiger partial charge is 0.333 e. The Morgan fingerprint density at radius 2 is 1.49 bits per heavy atom. The Morgan fingerprint density at radius 1 is 0.857 bits per heavy atom. The van der Waals surface area contributed by atoms with Gasteiger partial charge in [0, 0.05) is 13.1 Å². The van der Waals surface area contributed by atoms with Gasteiger partial charge in [-0.05, 0) is 45.3 Å². The minimum Gasteiger partial charge on any atom is -0.473 e. The van der Waals surface area contributed by atoms with Crippen LogP contribution in [0.1, 0.15) is 11.1 Å². The quantitative estimate of drug-likeness (QED) is 0.266. The van der Waals surface area contributed by atoms with Crippen LogP contribution in [0, 0.1) is 5.82 Å². The average molecular weight is 534 g/mol. The van der Waals surface area contributed by atoms with E-state index in [0.717, 1.165) is 11.1 Å². The van der Waals surface area contributed by atoms with Crippen LogP contribution in [-0.2, 0) is 20.3 Å². The molecule has 3 aromatic carbocycles. The van der Waals surface area contributed by atoms with Crippen LogP contribution in [0.15, 0.2) is 94.2 Å².